The highest BCUT2D eigenvalue weighted by Crippen LogP contribution is 2.41. The second kappa shape index (κ2) is 11.5. The molecular formula is C48H31NO. The summed E-state index contributed by atoms with van der Waals surface area (Å²) < 4.78 is 6.21. The highest BCUT2D eigenvalue weighted by atomic mass is 16.3. The Labute approximate surface area is 290 Å². The van der Waals surface area contributed by atoms with Gasteiger partial charge in [0.2, 0.25) is 0 Å². The minimum atomic E-state index is 0.889. The molecule has 0 unspecified atom stereocenters. The molecule has 0 N–H and O–H groups in total. The SMILES string of the molecule is c1ccc2cc(-c3ccc(N(c4ccc(-c5cc6ccccc6c6ccccc56)cc4)c4ccc5oc6ccccc6c5c4)cc3)ccc2c1. The monoisotopic (exact) mass is 637 g/mol. The van der Waals surface area contributed by atoms with Crippen LogP contribution in [0.3, 0.4) is 0 Å². The number of anilines is 3. The summed E-state index contributed by atoms with van der Waals surface area (Å²) in [5, 5.41) is 9.79. The number of hydrogen-bond donors (Lipinski definition) is 0. The number of nitrogens with zero attached hydrogens (tertiary/aromatic N) is 1. The molecule has 0 radical (unpaired) electrons. The molecule has 0 amide bonds. The van der Waals surface area contributed by atoms with E-state index in [0.29, 0.717) is 0 Å². The molecule has 10 rings (SSSR count). The van der Waals surface area contributed by atoms with Gasteiger partial charge >= 0.3 is 0 Å². The maximum absolute atomic E-state index is 6.21. The van der Waals surface area contributed by atoms with Crippen LogP contribution in [-0.2, 0) is 0 Å². The number of rotatable bonds is 5. The minimum Gasteiger partial charge on any atom is -0.456 e. The summed E-state index contributed by atoms with van der Waals surface area (Å²) in [6.45, 7) is 0. The van der Waals surface area contributed by atoms with Crippen molar-refractivity contribution in [3.05, 3.63) is 188 Å². The summed E-state index contributed by atoms with van der Waals surface area (Å²) in [6.07, 6.45) is 0. The molecule has 0 bridgehead atoms. The average Bonchev–Trinajstić information content (AvgIpc) is 3.56. The summed E-state index contributed by atoms with van der Waals surface area (Å²) in [5.41, 5.74) is 9.87. The Kier molecular flexibility index (Phi) is 6.53. The van der Waals surface area contributed by atoms with E-state index < -0.39 is 0 Å². The van der Waals surface area contributed by atoms with Gasteiger partial charge in [-0.2, -0.15) is 0 Å². The van der Waals surface area contributed by atoms with E-state index in [1.54, 1.807) is 0 Å². The van der Waals surface area contributed by atoms with Crippen LogP contribution in [0.2, 0.25) is 0 Å². The van der Waals surface area contributed by atoms with Gasteiger partial charge in [0.05, 0.1) is 0 Å². The third kappa shape index (κ3) is 4.73. The molecule has 0 fully saturated rings. The summed E-state index contributed by atoms with van der Waals surface area (Å²) in [4.78, 5) is 2.34. The second-order valence-corrected chi connectivity index (χ2v) is 13.0. The van der Waals surface area contributed by atoms with Crippen LogP contribution in [0.15, 0.2) is 192 Å². The largest absolute Gasteiger partial charge is 0.456 e. The van der Waals surface area contributed by atoms with Crippen LogP contribution in [0.5, 0.6) is 0 Å². The van der Waals surface area contributed by atoms with Gasteiger partial charge in [-0.15, -0.1) is 0 Å². The summed E-state index contributed by atoms with van der Waals surface area (Å²) in [6, 6.07) is 67.6. The van der Waals surface area contributed by atoms with Crippen molar-refractivity contribution in [1.82, 2.24) is 0 Å². The van der Waals surface area contributed by atoms with Gasteiger partial charge in [0.1, 0.15) is 11.2 Å². The Bertz CT molecular complexity index is 2860. The molecule has 0 atom stereocenters. The standard InChI is InChI=1S/C48H31NO/c1-2-10-35-29-36(18-17-32(35)9-1)33-19-23-38(24-20-33)49(40-27-28-48-46(31-40)44-15-7-8-16-47(44)50-48)39-25-21-34(22-26-39)45-30-37-11-3-4-12-41(37)42-13-5-6-14-43(42)45/h1-31H. The third-order valence-electron chi connectivity index (χ3n) is 10.0. The van der Waals surface area contributed by atoms with Crippen LogP contribution in [0.4, 0.5) is 17.1 Å². The smallest absolute Gasteiger partial charge is 0.135 e. The van der Waals surface area contributed by atoms with Crippen LogP contribution in [0, 0.1) is 0 Å². The van der Waals surface area contributed by atoms with Crippen molar-refractivity contribution in [3.63, 3.8) is 0 Å². The fraction of sp³-hybridized carbons (Fsp3) is 0. The van der Waals surface area contributed by atoms with Gasteiger partial charge in [-0.1, -0.05) is 127 Å². The summed E-state index contributed by atoms with van der Waals surface area (Å²) in [7, 11) is 0. The molecule has 0 saturated heterocycles. The lowest BCUT2D eigenvalue weighted by atomic mass is 9.93. The summed E-state index contributed by atoms with van der Waals surface area (Å²) in [5.74, 6) is 0. The Morgan fingerprint density at radius 1 is 0.300 bits per heavy atom. The molecule has 10 aromatic rings. The molecule has 234 valence electrons. The highest BCUT2D eigenvalue weighted by molar-refractivity contribution is 6.14. The molecule has 1 aromatic heterocycles. The van der Waals surface area contributed by atoms with Crippen molar-refractivity contribution in [2.75, 3.05) is 4.90 Å². The first-order valence-electron chi connectivity index (χ1n) is 17.1. The number of fused-ring (bicyclic) bond motifs is 7. The first-order valence-corrected chi connectivity index (χ1v) is 17.1. The molecule has 0 aliphatic heterocycles. The van der Waals surface area contributed by atoms with Gasteiger partial charge in [0, 0.05) is 27.8 Å². The molecule has 0 saturated carbocycles. The molecule has 2 nitrogen and oxygen atoms in total. The first-order chi connectivity index (χ1) is 24.8. The lowest BCUT2D eigenvalue weighted by molar-refractivity contribution is 0.669. The van der Waals surface area contributed by atoms with Crippen LogP contribution in [0.1, 0.15) is 0 Å². The van der Waals surface area contributed by atoms with E-state index in [9.17, 15) is 0 Å². The van der Waals surface area contributed by atoms with Crippen LogP contribution < -0.4 is 4.90 Å². The van der Waals surface area contributed by atoms with Gasteiger partial charge < -0.3 is 9.32 Å². The van der Waals surface area contributed by atoms with E-state index in [4.69, 9.17) is 4.42 Å². The van der Waals surface area contributed by atoms with E-state index in [1.807, 2.05) is 12.1 Å². The number of hydrogen-bond acceptors (Lipinski definition) is 2. The number of para-hydroxylation sites is 1. The van der Waals surface area contributed by atoms with Crippen molar-refractivity contribution in [2.45, 2.75) is 0 Å². The molecule has 2 heteroatoms. The van der Waals surface area contributed by atoms with Crippen molar-refractivity contribution in [2.24, 2.45) is 0 Å². The Morgan fingerprint density at radius 2 is 0.860 bits per heavy atom. The van der Waals surface area contributed by atoms with Gasteiger partial charge in [-0.25, -0.2) is 0 Å². The van der Waals surface area contributed by atoms with Gasteiger partial charge in [-0.3, -0.25) is 0 Å². The molecule has 9 aromatic carbocycles. The highest BCUT2D eigenvalue weighted by Gasteiger charge is 2.17. The normalized spacial score (nSPS) is 11.6. The van der Waals surface area contributed by atoms with E-state index in [2.05, 4.69) is 181 Å². The predicted molar refractivity (Wildman–Crippen MR) is 212 cm³/mol. The molecule has 0 aliphatic rings. The van der Waals surface area contributed by atoms with Crippen LogP contribution in [0.25, 0.3) is 76.5 Å². The Hall–Kier alpha value is -6.64. The maximum atomic E-state index is 6.21. The Balaban J connectivity index is 1.10. The maximum Gasteiger partial charge on any atom is 0.135 e. The summed E-state index contributed by atoms with van der Waals surface area (Å²) >= 11 is 0. The van der Waals surface area contributed by atoms with Crippen molar-refractivity contribution < 1.29 is 4.42 Å². The number of benzene rings is 9. The molecule has 1 heterocycles. The topological polar surface area (TPSA) is 16.4 Å². The van der Waals surface area contributed by atoms with Crippen molar-refractivity contribution in [3.8, 4) is 22.3 Å². The Morgan fingerprint density at radius 3 is 1.64 bits per heavy atom. The lowest BCUT2D eigenvalue weighted by Gasteiger charge is -2.26. The zero-order chi connectivity index (χ0) is 33.0. The van der Waals surface area contributed by atoms with E-state index >= 15 is 0 Å². The van der Waals surface area contributed by atoms with Gasteiger partial charge in [0.15, 0.2) is 0 Å². The number of furan rings is 1. The van der Waals surface area contributed by atoms with Crippen molar-refractivity contribution in [1.29, 1.82) is 0 Å². The van der Waals surface area contributed by atoms with E-state index in [-0.39, 0.29) is 0 Å². The quantitative estimate of drug-likeness (QED) is 0.175. The fourth-order valence-electron chi connectivity index (χ4n) is 7.56. The fourth-order valence-corrected chi connectivity index (χ4v) is 7.56. The second-order valence-electron chi connectivity index (χ2n) is 13.0. The molecule has 50 heavy (non-hydrogen) atoms. The van der Waals surface area contributed by atoms with Crippen LogP contribution in [-0.4, -0.2) is 0 Å². The average molecular weight is 638 g/mol. The zero-order valence-electron chi connectivity index (χ0n) is 27.3. The first kappa shape index (κ1) is 28.4. The predicted octanol–water partition coefficient (Wildman–Crippen LogP) is 13.8. The minimum absolute atomic E-state index is 0.889. The van der Waals surface area contributed by atoms with Gasteiger partial charge in [0.25, 0.3) is 0 Å². The van der Waals surface area contributed by atoms with Gasteiger partial charge in [-0.05, 0) is 115 Å². The van der Waals surface area contributed by atoms with E-state index in [1.165, 1.54) is 54.6 Å². The van der Waals surface area contributed by atoms with Crippen molar-refractivity contribution >= 4 is 71.3 Å². The molecular weight excluding hydrogens is 607 g/mol. The zero-order valence-corrected chi connectivity index (χ0v) is 27.3. The van der Waals surface area contributed by atoms with Crippen LogP contribution >= 0.6 is 0 Å². The third-order valence-corrected chi connectivity index (χ3v) is 10.0. The molecule has 0 aliphatic carbocycles. The lowest BCUT2D eigenvalue weighted by Crippen LogP contribution is -2.09. The van der Waals surface area contributed by atoms with E-state index in [0.717, 1.165) is 39.0 Å². The molecule has 0 spiro atoms.